The van der Waals surface area contributed by atoms with Crippen LogP contribution < -0.4 is 5.73 Å². The Kier molecular flexibility index (Phi) is 5.36. The predicted octanol–water partition coefficient (Wildman–Crippen LogP) is -0.775. The van der Waals surface area contributed by atoms with Gasteiger partial charge in [0.2, 0.25) is 5.91 Å². The Morgan fingerprint density at radius 3 is 2.78 bits per heavy atom. The summed E-state index contributed by atoms with van der Waals surface area (Å²) in [6.45, 7) is 4.72. The largest absolute Gasteiger partial charge is 0.409 e. The first-order chi connectivity index (χ1) is 8.51. The molecule has 0 aliphatic carbocycles. The fourth-order valence-electron chi connectivity index (χ4n) is 2.04. The highest BCUT2D eigenvalue weighted by Crippen LogP contribution is 2.17. The molecule has 1 heterocycles. The predicted molar refractivity (Wildman–Crippen MR) is 65.1 cm³/mol. The van der Waals surface area contributed by atoms with Crippen molar-refractivity contribution in [2.75, 3.05) is 26.3 Å². The van der Waals surface area contributed by atoms with E-state index in [2.05, 4.69) is 5.16 Å². The summed E-state index contributed by atoms with van der Waals surface area (Å²) in [4.78, 5) is 13.9. The molecule has 4 N–H and O–H groups in total. The Balaban J connectivity index is 2.77. The lowest BCUT2D eigenvalue weighted by Crippen LogP contribution is -2.52. The van der Waals surface area contributed by atoms with Crippen LogP contribution in [-0.4, -0.2) is 59.4 Å². The van der Waals surface area contributed by atoms with E-state index in [0.29, 0.717) is 19.7 Å². The van der Waals surface area contributed by atoms with Crippen molar-refractivity contribution < 1.29 is 19.8 Å². The number of hydrogen-bond donors (Lipinski definition) is 3. The number of nitrogens with two attached hydrogens (primary N) is 1. The quantitative estimate of drug-likeness (QED) is 0.266. The minimum atomic E-state index is -0.646. The van der Waals surface area contributed by atoms with Gasteiger partial charge in [-0.2, -0.15) is 0 Å². The zero-order valence-corrected chi connectivity index (χ0v) is 10.7. The number of carbonyl (C=O) groups excluding carboxylic acids is 1. The lowest BCUT2D eigenvalue weighted by atomic mass is 9.93. The van der Waals surface area contributed by atoms with E-state index >= 15 is 0 Å². The van der Waals surface area contributed by atoms with Gasteiger partial charge in [-0.25, -0.2) is 0 Å². The molecule has 2 unspecified atom stereocenters. The van der Waals surface area contributed by atoms with Crippen molar-refractivity contribution in [1.82, 2.24) is 4.90 Å². The standard InChI is InChI=1S/C11H21N3O4/c1-7(2)9(10(12)13-17)11(16)14-3-4-18-8(5-14)6-15/h7-9,15,17H,3-6H2,1-2H3,(H2,12,13). The first kappa shape index (κ1) is 14.7. The van der Waals surface area contributed by atoms with Crippen LogP contribution in [0.5, 0.6) is 0 Å². The molecule has 1 aliphatic heterocycles. The van der Waals surface area contributed by atoms with Crippen LogP contribution in [-0.2, 0) is 9.53 Å². The average molecular weight is 259 g/mol. The second kappa shape index (κ2) is 6.55. The molecule has 1 fully saturated rings. The van der Waals surface area contributed by atoms with Crippen LogP contribution >= 0.6 is 0 Å². The molecule has 0 radical (unpaired) electrons. The van der Waals surface area contributed by atoms with Gasteiger partial charge < -0.3 is 25.7 Å². The molecule has 0 bridgehead atoms. The van der Waals surface area contributed by atoms with Crippen molar-refractivity contribution in [2.45, 2.75) is 20.0 Å². The third-order valence-electron chi connectivity index (χ3n) is 3.02. The molecule has 1 saturated heterocycles. The summed E-state index contributed by atoms with van der Waals surface area (Å²) < 4.78 is 5.28. The van der Waals surface area contributed by atoms with E-state index in [1.807, 2.05) is 13.8 Å². The summed E-state index contributed by atoms with van der Waals surface area (Å²) in [5.74, 6) is -0.986. The molecule has 2 atom stereocenters. The van der Waals surface area contributed by atoms with Gasteiger partial charge in [-0.05, 0) is 5.92 Å². The Morgan fingerprint density at radius 2 is 2.28 bits per heavy atom. The number of amidine groups is 1. The van der Waals surface area contributed by atoms with E-state index in [1.54, 1.807) is 4.90 Å². The fourth-order valence-corrected chi connectivity index (χ4v) is 2.04. The number of oxime groups is 1. The van der Waals surface area contributed by atoms with E-state index in [0.717, 1.165) is 0 Å². The Morgan fingerprint density at radius 1 is 1.61 bits per heavy atom. The lowest BCUT2D eigenvalue weighted by molar-refractivity contribution is -0.143. The SMILES string of the molecule is CC(C)C(C(=O)N1CCOC(CO)C1)C(N)=NO. The molecule has 104 valence electrons. The van der Waals surface area contributed by atoms with Crippen LogP contribution in [0.1, 0.15) is 13.8 Å². The first-order valence-electron chi connectivity index (χ1n) is 5.99. The number of ether oxygens (including phenoxy) is 1. The molecule has 1 rings (SSSR count). The summed E-state index contributed by atoms with van der Waals surface area (Å²) in [7, 11) is 0. The number of aliphatic hydroxyl groups excluding tert-OH is 1. The van der Waals surface area contributed by atoms with Gasteiger partial charge in [0.15, 0.2) is 5.84 Å². The molecule has 0 spiro atoms. The number of nitrogens with zero attached hydrogens (tertiary/aromatic N) is 2. The maximum atomic E-state index is 12.3. The second-order valence-electron chi connectivity index (χ2n) is 4.71. The normalized spacial score (nSPS) is 23.2. The maximum Gasteiger partial charge on any atom is 0.233 e. The van der Waals surface area contributed by atoms with E-state index in [-0.39, 0.29) is 30.4 Å². The summed E-state index contributed by atoms with van der Waals surface area (Å²) >= 11 is 0. The third kappa shape index (κ3) is 3.33. The number of aliphatic hydroxyl groups is 1. The highest BCUT2D eigenvalue weighted by Gasteiger charge is 2.33. The number of carbonyl (C=O) groups is 1. The summed E-state index contributed by atoms with van der Waals surface area (Å²) in [5.41, 5.74) is 5.56. The molecule has 18 heavy (non-hydrogen) atoms. The van der Waals surface area contributed by atoms with Gasteiger partial charge in [0.25, 0.3) is 0 Å². The van der Waals surface area contributed by atoms with Gasteiger partial charge in [-0.3, -0.25) is 4.79 Å². The monoisotopic (exact) mass is 259 g/mol. The van der Waals surface area contributed by atoms with Crippen molar-refractivity contribution in [3.05, 3.63) is 0 Å². The Labute approximate surface area is 106 Å². The molecule has 0 aromatic carbocycles. The maximum absolute atomic E-state index is 12.3. The van der Waals surface area contributed by atoms with E-state index in [9.17, 15) is 4.79 Å². The zero-order valence-electron chi connectivity index (χ0n) is 10.7. The molecule has 1 amide bonds. The summed E-state index contributed by atoms with van der Waals surface area (Å²) in [5, 5.41) is 20.7. The van der Waals surface area contributed by atoms with E-state index in [1.165, 1.54) is 0 Å². The first-order valence-corrected chi connectivity index (χ1v) is 5.99. The van der Waals surface area contributed by atoms with Crippen LogP contribution in [0.3, 0.4) is 0 Å². The van der Waals surface area contributed by atoms with Crippen molar-refractivity contribution in [1.29, 1.82) is 0 Å². The number of rotatable bonds is 4. The van der Waals surface area contributed by atoms with Gasteiger partial charge >= 0.3 is 0 Å². The van der Waals surface area contributed by atoms with Crippen LogP contribution in [0.2, 0.25) is 0 Å². The lowest BCUT2D eigenvalue weighted by Gasteiger charge is -2.35. The molecule has 0 aromatic heterocycles. The Bertz CT molecular complexity index is 319. The van der Waals surface area contributed by atoms with Gasteiger partial charge in [-0.15, -0.1) is 0 Å². The van der Waals surface area contributed by atoms with Gasteiger partial charge in [-0.1, -0.05) is 19.0 Å². The average Bonchev–Trinajstić information content (AvgIpc) is 2.38. The minimum absolute atomic E-state index is 0.0659. The van der Waals surface area contributed by atoms with Crippen LogP contribution in [0.25, 0.3) is 0 Å². The van der Waals surface area contributed by atoms with Crippen molar-refractivity contribution in [2.24, 2.45) is 22.7 Å². The van der Waals surface area contributed by atoms with Crippen molar-refractivity contribution in [3.8, 4) is 0 Å². The Hall–Kier alpha value is -1.34. The van der Waals surface area contributed by atoms with Crippen LogP contribution in [0.4, 0.5) is 0 Å². The van der Waals surface area contributed by atoms with Gasteiger partial charge in [0, 0.05) is 13.1 Å². The zero-order chi connectivity index (χ0) is 13.7. The van der Waals surface area contributed by atoms with Gasteiger partial charge in [0.1, 0.15) is 5.92 Å². The van der Waals surface area contributed by atoms with Crippen LogP contribution in [0.15, 0.2) is 5.16 Å². The number of morpholine rings is 1. The minimum Gasteiger partial charge on any atom is -0.409 e. The molecule has 7 nitrogen and oxygen atoms in total. The smallest absolute Gasteiger partial charge is 0.233 e. The summed E-state index contributed by atoms with van der Waals surface area (Å²) in [6.07, 6.45) is -0.359. The molecule has 0 saturated carbocycles. The third-order valence-corrected chi connectivity index (χ3v) is 3.02. The van der Waals surface area contributed by atoms with Crippen molar-refractivity contribution >= 4 is 11.7 Å². The number of hydrogen-bond acceptors (Lipinski definition) is 5. The van der Waals surface area contributed by atoms with E-state index in [4.69, 9.17) is 20.8 Å². The fraction of sp³-hybridized carbons (Fsp3) is 0.818. The number of amides is 1. The molecule has 0 aromatic rings. The topological polar surface area (TPSA) is 108 Å². The van der Waals surface area contributed by atoms with E-state index < -0.39 is 5.92 Å². The highest BCUT2D eigenvalue weighted by atomic mass is 16.5. The highest BCUT2D eigenvalue weighted by molar-refractivity contribution is 6.02. The summed E-state index contributed by atoms with van der Waals surface area (Å²) in [6, 6.07) is 0. The van der Waals surface area contributed by atoms with Crippen LogP contribution in [0, 0.1) is 11.8 Å². The molecule has 7 heteroatoms. The molecular weight excluding hydrogens is 238 g/mol. The van der Waals surface area contributed by atoms with Gasteiger partial charge in [0.05, 0.1) is 19.3 Å². The molecular formula is C11H21N3O4. The second-order valence-corrected chi connectivity index (χ2v) is 4.71. The molecule has 1 aliphatic rings. The van der Waals surface area contributed by atoms with Crippen molar-refractivity contribution in [3.63, 3.8) is 0 Å².